The molecule has 1 aromatic rings. The number of rotatable bonds is 3. The van der Waals surface area contributed by atoms with Crippen LogP contribution in [0.1, 0.15) is 32.8 Å². The summed E-state index contributed by atoms with van der Waals surface area (Å²) in [6.07, 6.45) is 1.14. The summed E-state index contributed by atoms with van der Waals surface area (Å²) < 4.78 is 10.7. The lowest BCUT2D eigenvalue weighted by Crippen LogP contribution is -2.43. The van der Waals surface area contributed by atoms with Gasteiger partial charge in [-0.3, -0.25) is 4.90 Å². The van der Waals surface area contributed by atoms with E-state index < -0.39 is 17.8 Å². The van der Waals surface area contributed by atoms with Gasteiger partial charge in [-0.05, 0) is 38.8 Å². The molecule has 1 fully saturated rings. The first-order valence-corrected chi connectivity index (χ1v) is 8.89. The van der Waals surface area contributed by atoms with Crippen LogP contribution in [-0.4, -0.2) is 34.8 Å². The third kappa shape index (κ3) is 4.59. The van der Waals surface area contributed by atoms with E-state index in [1.54, 1.807) is 26.8 Å². The highest BCUT2D eigenvalue weighted by Crippen LogP contribution is 2.43. The van der Waals surface area contributed by atoms with Crippen LogP contribution in [0.5, 0.6) is 0 Å². The predicted molar refractivity (Wildman–Crippen MR) is 97.2 cm³/mol. The summed E-state index contributed by atoms with van der Waals surface area (Å²) in [6, 6.07) is 10.9. The zero-order valence-corrected chi connectivity index (χ0v) is 15.6. The van der Waals surface area contributed by atoms with Crippen molar-refractivity contribution >= 4 is 12.2 Å². The van der Waals surface area contributed by atoms with Crippen LogP contribution in [0.4, 0.5) is 9.59 Å². The van der Waals surface area contributed by atoms with Crippen molar-refractivity contribution in [3.8, 4) is 6.07 Å². The molecule has 0 saturated carbocycles. The normalized spacial score (nSPS) is 23.4. The SMILES string of the molecule is CC(C)(C)OC(=O)N1C2=CC(C#N)CC(NC(=O)OCc3ccccc3)C21. The first kappa shape index (κ1) is 18.8. The Kier molecular flexibility index (Phi) is 5.08. The fourth-order valence-electron chi connectivity index (χ4n) is 3.14. The minimum Gasteiger partial charge on any atom is -0.445 e. The van der Waals surface area contributed by atoms with Gasteiger partial charge in [-0.1, -0.05) is 30.3 Å². The minimum atomic E-state index is -0.616. The lowest BCUT2D eigenvalue weighted by Gasteiger charge is -2.22. The fourth-order valence-corrected chi connectivity index (χ4v) is 3.14. The Morgan fingerprint density at radius 1 is 1.30 bits per heavy atom. The van der Waals surface area contributed by atoms with Crippen LogP contribution >= 0.6 is 0 Å². The van der Waals surface area contributed by atoms with E-state index in [2.05, 4.69) is 11.4 Å². The predicted octanol–water partition coefficient (Wildman–Crippen LogP) is 3.33. The minimum absolute atomic E-state index is 0.157. The summed E-state index contributed by atoms with van der Waals surface area (Å²) in [5.41, 5.74) is 0.985. The van der Waals surface area contributed by atoms with Gasteiger partial charge in [0.2, 0.25) is 0 Å². The number of nitrogens with one attached hydrogen (secondary N) is 1. The molecule has 1 saturated heterocycles. The lowest BCUT2D eigenvalue weighted by atomic mass is 9.93. The van der Waals surface area contributed by atoms with Gasteiger partial charge < -0.3 is 14.8 Å². The van der Waals surface area contributed by atoms with Crippen molar-refractivity contribution in [1.29, 1.82) is 5.26 Å². The first-order chi connectivity index (χ1) is 12.8. The Balaban J connectivity index is 1.61. The Labute approximate surface area is 158 Å². The van der Waals surface area contributed by atoms with Gasteiger partial charge in [0, 0.05) is 5.70 Å². The van der Waals surface area contributed by atoms with Crippen LogP contribution in [0.15, 0.2) is 42.1 Å². The number of allylic oxidation sites excluding steroid dienone is 1. The molecule has 7 heteroatoms. The van der Waals surface area contributed by atoms with E-state index in [1.165, 1.54) is 4.90 Å². The Bertz CT molecular complexity index is 792. The van der Waals surface area contributed by atoms with Crippen LogP contribution < -0.4 is 5.32 Å². The zero-order chi connectivity index (χ0) is 19.6. The summed E-state index contributed by atoms with van der Waals surface area (Å²) in [5, 5.41) is 12.1. The number of carbonyl (C=O) groups is 2. The number of ether oxygens (including phenoxy) is 2. The molecule has 0 aromatic heterocycles. The molecule has 1 aliphatic carbocycles. The van der Waals surface area contributed by atoms with Gasteiger partial charge in [-0.2, -0.15) is 5.26 Å². The number of hydrogen-bond donors (Lipinski definition) is 1. The monoisotopic (exact) mass is 369 g/mol. The molecule has 2 aliphatic rings. The summed E-state index contributed by atoms with van der Waals surface area (Å²) >= 11 is 0. The maximum atomic E-state index is 12.4. The molecule has 3 unspecified atom stereocenters. The number of nitrogens with zero attached hydrogens (tertiary/aromatic N) is 2. The van der Waals surface area contributed by atoms with Crippen molar-refractivity contribution in [3.63, 3.8) is 0 Å². The van der Waals surface area contributed by atoms with Crippen LogP contribution in [0, 0.1) is 17.2 Å². The third-order valence-electron chi connectivity index (χ3n) is 4.32. The van der Waals surface area contributed by atoms with Crippen LogP contribution in [0.25, 0.3) is 0 Å². The summed E-state index contributed by atoms with van der Waals surface area (Å²) in [7, 11) is 0. The average Bonchev–Trinajstić information content (AvgIpc) is 3.34. The van der Waals surface area contributed by atoms with Crippen molar-refractivity contribution in [2.45, 2.75) is 51.5 Å². The van der Waals surface area contributed by atoms with Gasteiger partial charge in [0.25, 0.3) is 0 Å². The molecule has 1 N–H and O–H groups in total. The lowest BCUT2D eigenvalue weighted by molar-refractivity contribution is 0.0408. The topological polar surface area (TPSA) is 91.4 Å². The largest absolute Gasteiger partial charge is 0.445 e. The molecule has 1 heterocycles. The second-order valence-corrected chi connectivity index (χ2v) is 7.67. The molecule has 1 aliphatic heterocycles. The van der Waals surface area contributed by atoms with E-state index >= 15 is 0 Å². The number of nitriles is 1. The molecule has 27 heavy (non-hydrogen) atoms. The van der Waals surface area contributed by atoms with Crippen molar-refractivity contribution in [2.75, 3.05) is 0 Å². The van der Waals surface area contributed by atoms with E-state index in [1.807, 2.05) is 30.3 Å². The van der Waals surface area contributed by atoms with Gasteiger partial charge in [0.05, 0.1) is 18.0 Å². The first-order valence-electron chi connectivity index (χ1n) is 8.89. The highest BCUT2D eigenvalue weighted by atomic mass is 16.6. The quantitative estimate of drug-likeness (QED) is 0.825. The average molecular weight is 369 g/mol. The van der Waals surface area contributed by atoms with E-state index in [0.717, 1.165) is 11.3 Å². The molecule has 2 amide bonds. The Hall–Kier alpha value is -3.01. The summed E-state index contributed by atoms with van der Waals surface area (Å²) in [6.45, 7) is 5.54. The van der Waals surface area contributed by atoms with Crippen molar-refractivity contribution < 1.29 is 19.1 Å². The van der Waals surface area contributed by atoms with Gasteiger partial charge in [-0.15, -0.1) is 0 Å². The highest BCUT2D eigenvalue weighted by molar-refractivity contribution is 5.78. The summed E-state index contributed by atoms with van der Waals surface area (Å²) in [5.74, 6) is -0.372. The van der Waals surface area contributed by atoms with Crippen LogP contribution in [-0.2, 0) is 16.1 Å². The Morgan fingerprint density at radius 3 is 2.63 bits per heavy atom. The van der Waals surface area contributed by atoms with Gasteiger partial charge >= 0.3 is 12.2 Å². The molecule has 0 radical (unpaired) electrons. The maximum Gasteiger partial charge on any atom is 0.415 e. The fraction of sp³-hybridized carbons (Fsp3) is 0.450. The number of carbonyl (C=O) groups excluding carboxylic acids is 2. The van der Waals surface area contributed by atoms with Gasteiger partial charge in [0.15, 0.2) is 0 Å². The number of alkyl carbamates (subject to hydrolysis) is 1. The highest BCUT2D eigenvalue weighted by Gasteiger charge is 2.55. The van der Waals surface area contributed by atoms with Crippen LogP contribution in [0.3, 0.4) is 0 Å². The molecule has 0 bridgehead atoms. The number of fused-ring (bicyclic) bond motifs is 1. The number of amides is 2. The standard InChI is InChI=1S/C20H23N3O4/c1-20(2,3)27-19(25)23-16-10-14(11-21)9-15(17(16)23)22-18(24)26-12-13-7-5-4-6-8-13/h4-8,10,14-15,17H,9,12H2,1-3H3,(H,22,24). The van der Waals surface area contributed by atoms with Crippen molar-refractivity contribution in [1.82, 2.24) is 10.2 Å². The molecular weight excluding hydrogens is 346 g/mol. The molecule has 3 atom stereocenters. The second-order valence-electron chi connectivity index (χ2n) is 7.67. The van der Waals surface area contributed by atoms with Gasteiger partial charge in [0.1, 0.15) is 18.2 Å². The van der Waals surface area contributed by atoms with Crippen molar-refractivity contribution in [2.24, 2.45) is 5.92 Å². The van der Waals surface area contributed by atoms with E-state index in [4.69, 9.17) is 9.47 Å². The third-order valence-corrected chi connectivity index (χ3v) is 4.32. The molecule has 3 rings (SSSR count). The maximum absolute atomic E-state index is 12.4. The molecule has 142 valence electrons. The molecule has 7 nitrogen and oxygen atoms in total. The molecule has 1 aromatic carbocycles. The number of benzene rings is 1. The number of hydrogen-bond acceptors (Lipinski definition) is 5. The smallest absolute Gasteiger partial charge is 0.415 e. The van der Waals surface area contributed by atoms with E-state index in [0.29, 0.717) is 6.42 Å². The van der Waals surface area contributed by atoms with Gasteiger partial charge in [-0.25, -0.2) is 9.59 Å². The Morgan fingerprint density at radius 2 is 2.00 bits per heavy atom. The van der Waals surface area contributed by atoms with Crippen molar-refractivity contribution in [3.05, 3.63) is 47.7 Å². The summed E-state index contributed by atoms with van der Waals surface area (Å²) in [4.78, 5) is 26.0. The van der Waals surface area contributed by atoms with E-state index in [-0.39, 0.29) is 24.6 Å². The molecule has 0 spiro atoms. The second kappa shape index (κ2) is 7.31. The molecular formula is C20H23N3O4. The van der Waals surface area contributed by atoms with Crippen LogP contribution in [0.2, 0.25) is 0 Å². The zero-order valence-electron chi connectivity index (χ0n) is 15.6. The van der Waals surface area contributed by atoms with E-state index in [9.17, 15) is 14.9 Å².